The molecule has 2 fully saturated rings. The minimum Gasteiger partial charge on any atom is -0.466 e. The number of ether oxygens (including phenoxy) is 1. The summed E-state index contributed by atoms with van der Waals surface area (Å²) in [5.41, 5.74) is 1.58. The first-order valence-corrected chi connectivity index (χ1v) is 11.9. The minimum absolute atomic E-state index is 0.0311. The van der Waals surface area contributed by atoms with E-state index in [9.17, 15) is 4.79 Å². The highest BCUT2D eigenvalue weighted by molar-refractivity contribution is 6.35. The van der Waals surface area contributed by atoms with Gasteiger partial charge in [0.1, 0.15) is 5.75 Å². The summed E-state index contributed by atoms with van der Waals surface area (Å²) >= 11 is 12.8. The molecule has 0 radical (unpaired) electrons. The van der Waals surface area contributed by atoms with Crippen molar-refractivity contribution in [1.29, 1.82) is 0 Å². The molecule has 3 heterocycles. The van der Waals surface area contributed by atoms with E-state index in [0.717, 1.165) is 18.7 Å². The zero-order valence-electron chi connectivity index (χ0n) is 17.8. The van der Waals surface area contributed by atoms with Crippen molar-refractivity contribution in [3.05, 3.63) is 75.8 Å². The zero-order valence-corrected chi connectivity index (χ0v) is 19.3. The summed E-state index contributed by atoms with van der Waals surface area (Å²) in [4.78, 5) is 15.1. The number of nitrogens with zero attached hydrogens (tertiary/aromatic N) is 1. The molecule has 2 bridgehead atoms. The van der Waals surface area contributed by atoms with Gasteiger partial charge in [0.2, 0.25) is 5.91 Å². The maximum Gasteiger partial charge on any atom is 0.223 e. The first-order valence-electron chi connectivity index (χ1n) is 11.2. The van der Waals surface area contributed by atoms with E-state index in [4.69, 9.17) is 27.9 Å². The van der Waals surface area contributed by atoms with Gasteiger partial charge in [0, 0.05) is 54.4 Å². The number of hydrogen-bond acceptors (Lipinski definition) is 3. The first kappa shape index (κ1) is 20.3. The Morgan fingerprint density at radius 2 is 1.97 bits per heavy atom. The van der Waals surface area contributed by atoms with Crippen LogP contribution < -0.4 is 10.1 Å². The molecule has 3 aromatic rings. The van der Waals surface area contributed by atoms with Crippen LogP contribution in [0.5, 0.6) is 5.75 Å². The lowest BCUT2D eigenvalue weighted by molar-refractivity contribution is -0.154. The molecule has 1 amide bonds. The number of likely N-dealkylation sites (tertiary alicyclic amines) is 1. The molecule has 4 nitrogen and oxygen atoms in total. The molecule has 164 valence electrons. The van der Waals surface area contributed by atoms with E-state index in [1.807, 2.05) is 6.07 Å². The average molecular weight is 467 g/mol. The van der Waals surface area contributed by atoms with Gasteiger partial charge in [-0.25, -0.2) is 0 Å². The third kappa shape index (κ3) is 3.04. The monoisotopic (exact) mass is 466 g/mol. The number of carbonyl (C=O) groups excluding carboxylic acids is 1. The highest BCUT2D eigenvalue weighted by atomic mass is 35.5. The summed E-state index contributed by atoms with van der Waals surface area (Å²) < 4.78 is 6.51. The molecule has 3 aliphatic rings. The number of amides is 1. The summed E-state index contributed by atoms with van der Waals surface area (Å²) in [7, 11) is 0. The van der Waals surface area contributed by atoms with E-state index in [2.05, 4.69) is 59.6 Å². The molecule has 0 aromatic heterocycles. The van der Waals surface area contributed by atoms with Crippen molar-refractivity contribution >= 4 is 39.9 Å². The lowest BCUT2D eigenvalue weighted by Crippen LogP contribution is -2.70. The number of halogens is 2. The van der Waals surface area contributed by atoms with Gasteiger partial charge in [-0.1, -0.05) is 65.7 Å². The number of rotatable bonds is 2. The van der Waals surface area contributed by atoms with Gasteiger partial charge >= 0.3 is 0 Å². The van der Waals surface area contributed by atoms with E-state index >= 15 is 0 Å². The number of hydrogen-bond donors (Lipinski definition) is 1. The van der Waals surface area contributed by atoms with Crippen molar-refractivity contribution in [1.82, 2.24) is 10.2 Å². The summed E-state index contributed by atoms with van der Waals surface area (Å²) in [5, 5.41) is 6.83. The van der Waals surface area contributed by atoms with Crippen LogP contribution >= 0.6 is 23.2 Å². The fourth-order valence-electron chi connectivity index (χ4n) is 6.01. The van der Waals surface area contributed by atoms with Gasteiger partial charge in [0.25, 0.3) is 0 Å². The van der Waals surface area contributed by atoms with E-state index in [0.29, 0.717) is 28.6 Å². The Hall–Kier alpha value is -2.27. The van der Waals surface area contributed by atoms with Crippen LogP contribution in [0.25, 0.3) is 10.8 Å². The maximum absolute atomic E-state index is 12.6. The van der Waals surface area contributed by atoms with Crippen LogP contribution in [0.15, 0.2) is 54.6 Å². The van der Waals surface area contributed by atoms with Crippen LogP contribution in [0.1, 0.15) is 42.9 Å². The largest absolute Gasteiger partial charge is 0.466 e. The van der Waals surface area contributed by atoms with Crippen LogP contribution in [-0.4, -0.2) is 29.6 Å². The third-order valence-corrected chi connectivity index (χ3v) is 8.08. The Balaban J connectivity index is 1.38. The predicted molar refractivity (Wildman–Crippen MR) is 127 cm³/mol. The number of carbonyl (C=O) groups is 1. The molecular weight excluding hydrogens is 443 g/mol. The summed E-state index contributed by atoms with van der Waals surface area (Å²) in [5.74, 6) is 0.871. The number of benzene rings is 3. The van der Waals surface area contributed by atoms with Crippen LogP contribution in [0, 0.1) is 5.92 Å². The van der Waals surface area contributed by atoms with E-state index in [1.165, 1.54) is 16.3 Å². The number of nitrogens with one attached hydrogen (secondary N) is 1. The van der Waals surface area contributed by atoms with Crippen LogP contribution in [0.2, 0.25) is 10.0 Å². The quantitative estimate of drug-likeness (QED) is 0.509. The van der Waals surface area contributed by atoms with Gasteiger partial charge in [-0.2, -0.15) is 0 Å². The second kappa shape index (κ2) is 7.38. The highest BCUT2D eigenvalue weighted by Crippen LogP contribution is 2.54. The summed E-state index contributed by atoms with van der Waals surface area (Å²) in [6.45, 7) is 3.94. The molecule has 0 saturated carbocycles. The van der Waals surface area contributed by atoms with Gasteiger partial charge in [-0.3, -0.25) is 9.69 Å². The normalized spacial score (nSPS) is 27.8. The first-order chi connectivity index (χ1) is 15.4. The summed E-state index contributed by atoms with van der Waals surface area (Å²) in [6.07, 6.45) is 1.14. The zero-order chi connectivity index (χ0) is 22.0. The Kier molecular flexibility index (Phi) is 4.69. The maximum atomic E-state index is 12.6. The predicted octanol–water partition coefficient (Wildman–Crippen LogP) is 5.92. The van der Waals surface area contributed by atoms with Crippen molar-refractivity contribution < 1.29 is 9.53 Å². The van der Waals surface area contributed by atoms with E-state index in [-0.39, 0.29) is 23.8 Å². The highest BCUT2D eigenvalue weighted by Gasteiger charge is 2.57. The molecule has 0 spiro atoms. The topological polar surface area (TPSA) is 41.6 Å². The van der Waals surface area contributed by atoms with Gasteiger partial charge in [-0.15, -0.1) is 0 Å². The lowest BCUT2D eigenvalue weighted by atomic mass is 9.69. The van der Waals surface area contributed by atoms with Crippen LogP contribution in [-0.2, 0) is 4.79 Å². The van der Waals surface area contributed by atoms with Gasteiger partial charge < -0.3 is 10.1 Å². The second-order valence-electron chi connectivity index (χ2n) is 9.25. The van der Waals surface area contributed by atoms with Gasteiger partial charge in [-0.05, 0) is 35.4 Å². The molecule has 1 unspecified atom stereocenters. The second-order valence-corrected chi connectivity index (χ2v) is 10.1. The smallest absolute Gasteiger partial charge is 0.223 e. The Labute approximate surface area is 197 Å². The van der Waals surface area contributed by atoms with Crippen molar-refractivity contribution in [2.24, 2.45) is 5.92 Å². The Morgan fingerprint density at radius 3 is 2.84 bits per heavy atom. The fourth-order valence-corrected chi connectivity index (χ4v) is 6.56. The van der Waals surface area contributed by atoms with Crippen molar-refractivity contribution in [2.45, 2.75) is 37.5 Å². The van der Waals surface area contributed by atoms with Crippen molar-refractivity contribution in [3.63, 3.8) is 0 Å². The SMILES string of the molecule is CC(c1cccc2ccccc12)N1CC[C@]23NC(=O)C[C@H](c4cc(Cl)cc(Cl)c4O2)[C@@H]3C1. The van der Waals surface area contributed by atoms with Crippen molar-refractivity contribution in [3.8, 4) is 5.75 Å². The average Bonchev–Trinajstić information content (AvgIpc) is 2.78. The third-order valence-electron chi connectivity index (χ3n) is 7.58. The Morgan fingerprint density at radius 1 is 1.16 bits per heavy atom. The van der Waals surface area contributed by atoms with Crippen LogP contribution in [0.4, 0.5) is 0 Å². The molecule has 3 aliphatic heterocycles. The Bertz CT molecular complexity index is 1240. The number of fused-ring (bicyclic) bond motifs is 3. The number of piperidine rings is 2. The van der Waals surface area contributed by atoms with E-state index < -0.39 is 5.72 Å². The van der Waals surface area contributed by atoms with Gasteiger partial charge in [0.05, 0.1) is 5.02 Å². The lowest BCUT2D eigenvalue weighted by Gasteiger charge is -2.56. The van der Waals surface area contributed by atoms with E-state index in [1.54, 1.807) is 6.07 Å². The fraction of sp³-hybridized carbons (Fsp3) is 0.346. The molecule has 6 heteroatoms. The molecular formula is C26H24Cl2N2O2. The van der Waals surface area contributed by atoms with Crippen LogP contribution in [0.3, 0.4) is 0 Å². The van der Waals surface area contributed by atoms with Gasteiger partial charge in [0.15, 0.2) is 5.72 Å². The molecule has 0 aliphatic carbocycles. The minimum atomic E-state index is -0.709. The molecule has 32 heavy (non-hydrogen) atoms. The molecule has 6 rings (SSSR count). The molecule has 4 atom stereocenters. The summed E-state index contributed by atoms with van der Waals surface area (Å²) in [6, 6.07) is 19.0. The molecule has 3 aromatic carbocycles. The molecule has 1 N–H and O–H groups in total. The molecule has 2 saturated heterocycles. The standard InChI is InChI=1S/C26H24Cl2N2O2/c1-15(18-8-4-6-16-5-2-3-7-19(16)18)30-10-9-26-22(14-30)20(13-24(31)29-26)21-11-17(27)12-23(28)25(21)32-26/h2-8,11-12,15,20,22H,9-10,13-14H2,1H3,(H,29,31)/t15?,20-,22+,26+/m1/s1. The van der Waals surface area contributed by atoms with Crippen molar-refractivity contribution in [2.75, 3.05) is 13.1 Å².